The van der Waals surface area contributed by atoms with Gasteiger partial charge in [0.1, 0.15) is 0 Å². The highest BCUT2D eigenvalue weighted by Crippen LogP contribution is 2.26. The molecule has 2 amide bonds. The van der Waals surface area contributed by atoms with E-state index in [-0.39, 0.29) is 23.0 Å². The molecule has 30 heavy (non-hydrogen) atoms. The molecule has 0 unspecified atom stereocenters. The Morgan fingerprint density at radius 2 is 1.83 bits per heavy atom. The summed E-state index contributed by atoms with van der Waals surface area (Å²) in [6, 6.07) is 17.8. The molecule has 5 nitrogen and oxygen atoms in total. The smallest absolute Gasteiger partial charge is 0.293 e. The zero-order chi connectivity index (χ0) is 21.9. The fourth-order valence-electron chi connectivity index (χ4n) is 3.07. The molecule has 0 saturated carbocycles. The zero-order valence-corrected chi connectivity index (χ0v) is 19.3. The first-order chi connectivity index (χ1) is 14.2. The number of nitrogens with zero attached hydrogens (tertiary/aromatic N) is 1. The highest BCUT2D eigenvalue weighted by Gasteiger charge is 2.25. The lowest BCUT2D eigenvalue weighted by molar-refractivity contribution is 0.0946. The molecule has 0 bridgehead atoms. The topological polar surface area (TPSA) is 62.6 Å². The molecule has 1 aromatic heterocycles. The second-order valence-electron chi connectivity index (χ2n) is 7.56. The maximum atomic E-state index is 13.0. The third kappa shape index (κ3) is 4.94. The van der Waals surface area contributed by atoms with Gasteiger partial charge in [-0.15, -0.1) is 0 Å². The molecule has 0 aliphatic rings. The molecule has 2 aromatic carbocycles. The Morgan fingerprint density at radius 3 is 2.50 bits per heavy atom. The molecule has 156 valence electrons. The molecule has 0 atom stereocenters. The van der Waals surface area contributed by atoms with E-state index in [9.17, 15) is 9.59 Å². The van der Waals surface area contributed by atoms with Crippen molar-refractivity contribution < 1.29 is 14.0 Å². The number of hydrogen-bond donors (Lipinski definition) is 1. The van der Waals surface area contributed by atoms with Crippen LogP contribution in [-0.4, -0.2) is 25.4 Å². The lowest BCUT2D eigenvalue weighted by Gasteiger charge is -2.26. The molecular weight excluding hydrogens is 468 g/mol. The summed E-state index contributed by atoms with van der Waals surface area (Å²) in [5, 5.41) is 3.64. The Morgan fingerprint density at radius 1 is 1.10 bits per heavy atom. The number of carbonyl (C=O) groups is 2. The van der Waals surface area contributed by atoms with Crippen LogP contribution in [0.2, 0.25) is 5.02 Å². The van der Waals surface area contributed by atoms with Crippen molar-refractivity contribution in [2.75, 3.05) is 18.5 Å². The van der Waals surface area contributed by atoms with Gasteiger partial charge >= 0.3 is 0 Å². The average molecular weight is 490 g/mol. The van der Waals surface area contributed by atoms with Crippen LogP contribution in [0.1, 0.15) is 40.3 Å². The largest absolute Gasteiger partial charge is 0.444 e. The van der Waals surface area contributed by atoms with Gasteiger partial charge in [0.25, 0.3) is 11.8 Å². The molecule has 1 N–H and O–H groups in total. The van der Waals surface area contributed by atoms with Crippen molar-refractivity contribution in [3.8, 4) is 0 Å². The summed E-state index contributed by atoms with van der Waals surface area (Å²) in [6.07, 6.45) is 0. The van der Waals surface area contributed by atoms with E-state index >= 15 is 0 Å². The van der Waals surface area contributed by atoms with Crippen molar-refractivity contribution in [1.82, 2.24) is 5.32 Å². The summed E-state index contributed by atoms with van der Waals surface area (Å²) in [5.74, 6) is -0.428. The van der Waals surface area contributed by atoms with E-state index < -0.39 is 0 Å². The predicted molar refractivity (Wildman–Crippen MR) is 122 cm³/mol. The van der Waals surface area contributed by atoms with Crippen LogP contribution < -0.4 is 10.2 Å². The van der Waals surface area contributed by atoms with Gasteiger partial charge < -0.3 is 14.6 Å². The van der Waals surface area contributed by atoms with Gasteiger partial charge in [0, 0.05) is 24.0 Å². The predicted octanol–water partition coefficient (Wildman–Crippen LogP) is 5.68. The quantitative estimate of drug-likeness (QED) is 0.484. The van der Waals surface area contributed by atoms with Gasteiger partial charge in [-0.25, -0.2) is 0 Å². The van der Waals surface area contributed by atoms with E-state index in [0.717, 1.165) is 5.56 Å². The molecule has 0 saturated heterocycles. The summed E-state index contributed by atoms with van der Waals surface area (Å²) in [7, 11) is 1.61. The van der Waals surface area contributed by atoms with E-state index in [0.29, 0.717) is 27.5 Å². The number of rotatable bonds is 6. The van der Waals surface area contributed by atoms with Gasteiger partial charge in [0.05, 0.1) is 11.3 Å². The number of halogens is 2. The van der Waals surface area contributed by atoms with Crippen molar-refractivity contribution in [2.45, 2.75) is 19.3 Å². The Balaban J connectivity index is 1.78. The Bertz CT molecular complexity index is 1080. The number of amides is 2. The standard InChI is InChI=1S/C23H22BrClN2O3/c1-23(2,15-7-6-8-16(25)13-15)14-26-21(28)17-9-4-5-10-18(17)27(3)22(29)19-11-12-20(24)30-19/h4-13H,14H2,1-3H3,(H,26,28). The van der Waals surface area contributed by atoms with Crippen LogP contribution >= 0.6 is 27.5 Å². The van der Waals surface area contributed by atoms with Crippen LogP contribution in [0, 0.1) is 0 Å². The molecule has 3 aromatic rings. The van der Waals surface area contributed by atoms with Crippen molar-refractivity contribution in [3.63, 3.8) is 0 Å². The number of anilines is 1. The highest BCUT2D eigenvalue weighted by atomic mass is 79.9. The van der Waals surface area contributed by atoms with Crippen molar-refractivity contribution in [2.24, 2.45) is 0 Å². The van der Waals surface area contributed by atoms with E-state index in [1.165, 1.54) is 4.90 Å². The third-order valence-electron chi connectivity index (χ3n) is 4.90. The fraction of sp³-hybridized carbons (Fsp3) is 0.217. The maximum absolute atomic E-state index is 13.0. The summed E-state index contributed by atoms with van der Waals surface area (Å²) in [5.41, 5.74) is 1.60. The van der Waals surface area contributed by atoms with E-state index in [1.807, 2.05) is 38.1 Å². The lowest BCUT2D eigenvalue weighted by atomic mass is 9.84. The second-order valence-corrected chi connectivity index (χ2v) is 8.78. The van der Waals surface area contributed by atoms with Crippen molar-refractivity contribution in [3.05, 3.63) is 87.2 Å². The monoisotopic (exact) mass is 488 g/mol. The average Bonchev–Trinajstić information content (AvgIpc) is 3.17. The summed E-state index contributed by atoms with van der Waals surface area (Å²) < 4.78 is 5.82. The number of benzene rings is 2. The molecule has 7 heteroatoms. The first kappa shape index (κ1) is 22.1. The fourth-order valence-corrected chi connectivity index (χ4v) is 3.57. The van der Waals surface area contributed by atoms with E-state index in [1.54, 1.807) is 43.4 Å². The van der Waals surface area contributed by atoms with Crippen LogP contribution in [0.4, 0.5) is 5.69 Å². The summed E-state index contributed by atoms with van der Waals surface area (Å²) in [6.45, 7) is 4.48. The Hall–Kier alpha value is -2.57. The number of nitrogens with one attached hydrogen (secondary N) is 1. The number of carbonyl (C=O) groups excluding carboxylic acids is 2. The lowest BCUT2D eigenvalue weighted by Crippen LogP contribution is -2.37. The van der Waals surface area contributed by atoms with Crippen molar-refractivity contribution in [1.29, 1.82) is 0 Å². The SMILES string of the molecule is CN(C(=O)c1ccc(Br)o1)c1ccccc1C(=O)NCC(C)(C)c1cccc(Cl)c1. The molecule has 0 fully saturated rings. The van der Waals surface area contributed by atoms with Crippen LogP contribution in [0.15, 0.2) is 69.8 Å². The van der Waals surface area contributed by atoms with Crippen LogP contribution in [0.25, 0.3) is 0 Å². The summed E-state index contributed by atoms with van der Waals surface area (Å²) in [4.78, 5) is 27.1. The van der Waals surface area contributed by atoms with Gasteiger partial charge in [-0.1, -0.05) is 49.7 Å². The van der Waals surface area contributed by atoms with Gasteiger partial charge in [0.15, 0.2) is 10.4 Å². The first-order valence-corrected chi connectivity index (χ1v) is 10.5. The molecule has 0 radical (unpaired) electrons. The zero-order valence-electron chi connectivity index (χ0n) is 16.9. The molecule has 3 rings (SSSR count). The van der Waals surface area contributed by atoms with E-state index in [4.69, 9.17) is 16.0 Å². The van der Waals surface area contributed by atoms with Crippen LogP contribution in [0.5, 0.6) is 0 Å². The van der Waals surface area contributed by atoms with Gasteiger partial charge in [0.2, 0.25) is 0 Å². The Kier molecular flexibility index (Phi) is 6.68. The maximum Gasteiger partial charge on any atom is 0.293 e. The van der Waals surface area contributed by atoms with Gasteiger partial charge in [-0.2, -0.15) is 0 Å². The van der Waals surface area contributed by atoms with Gasteiger partial charge in [-0.05, 0) is 57.9 Å². The normalized spacial score (nSPS) is 11.2. The second kappa shape index (κ2) is 9.06. The minimum Gasteiger partial charge on any atom is -0.444 e. The number of hydrogen-bond acceptors (Lipinski definition) is 3. The minimum absolute atomic E-state index is 0.182. The molecule has 0 aliphatic heterocycles. The molecule has 0 aliphatic carbocycles. The molecular formula is C23H22BrClN2O3. The van der Waals surface area contributed by atoms with E-state index in [2.05, 4.69) is 21.2 Å². The van der Waals surface area contributed by atoms with Crippen LogP contribution in [0.3, 0.4) is 0 Å². The summed E-state index contributed by atoms with van der Waals surface area (Å²) >= 11 is 9.31. The van der Waals surface area contributed by atoms with Crippen molar-refractivity contribution >= 4 is 45.0 Å². The minimum atomic E-state index is -0.347. The molecule has 1 heterocycles. The van der Waals surface area contributed by atoms with Gasteiger partial charge in [-0.3, -0.25) is 9.59 Å². The number of para-hydroxylation sites is 1. The van der Waals surface area contributed by atoms with Crippen LogP contribution in [-0.2, 0) is 5.41 Å². The molecule has 0 spiro atoms. The number of furan rings is 1. The highest BCUT2D eigenvalue weighted by molar-refractivity contribution is 9.10. The first-order valence-electron chi connectivity index (χ1n) is 9.36. The Labute approximate surface area is 189 Å². The third-order valence-corrected chi connectivity index (χ3v) is 5.56.